The van der Waals surface area contributed by atoms with E-state index in [4.69, 9.17) is 0 Å². The summed E-state index contributed by atoms with van der Waals surface area (Å²) in [5.41, 5.74) is 2.13. The number of carbonyl (C=O) groups is 1. The molecular formula is C14H16O. The van der Waals surface area contributed by atoms with Gasteiger partial charge >= 0.3 is 0 Å². The molecular weight excluding hydrogens is 184 g/mol. The summed E-state index contributed by atoms with van der Waals surface area (Å²) in [5.74, 6) is 0.892. The van der Waals surface area contributed by atoms with Crippen molar-refractivity contribution in [1.82, 2.24) is 0 Å². The maximum Gasteiger partial charge on any atom is 0.159 e. The molecule has 1 fully saturated rings. The third-order valence-corrected chi connectivity index (χ3v) is 2.94. The Morgan fingerprint density at radius 2 is 2.00 bits per heavy atom. The number of Topliss-reactive ketones (excluding diaryl/α,β-unsaturated/α-hetero) is 1. The van der Waals surface area contributed by atoms with Gasteiger partial charge in [-0.2, -0.15) is 0 Å². The summed E-state index contributed by atoms with van der Waals surface area (Å²) in [6.07, 6.45) is 4.84. The Kier molecular flexibility index (Phi) is 3.00. The average Bonchev–Trinajstić information content (AvgIpc) is 2.24. The van der Waals surface area contributed by atoms with Gasteiger partial charge in [-0.15, -0.1) is 0 Å². The smallest absolute Gasteiger partial charge is 0.159 e. The molecule has 1 atom stereocenters. The zero-order chi connectivity index (χ0) is 10.7. The van der Waals surface area contributed by atoms with Crippen LogP contribution in [0.5, 0.6) is 0 Å². The third kappa shape index (κ3) is 2.56. The van der Waals surface area contributed by atoms with Gasteiger partial charge in [0.25, 0.3) is 0 Å². The maximum absolute atomic E-state index is 11.7. The number of hydrogen-bond acceptors (Lipinski definition) is 1. The highest BCUT2D eigenvalue weighted by molar-refractivity contribution is 6.00. The number of benzene rings is 1. The molecule has 1 aromatic rings. The van der Waals surface area contributed by atoms with E-state index in [-0.39, 0.29) is 0 Å². The molecule has 0 aliphatic heterocycles. The summed E-state index contributed by atoms with van der Waals surface area (Å²) < 4.78 is 0. The minimum absolute atomic E-state index is 0.331. The van der Waals surface area contributed by atoms with Crippen LogP contribution in [-0.4, -0.2) is 5.78 Å². The van der Waals surface area contributed by atoms with Gasteiger partial charge in [-0.25, -0.2) is 0 Å². The fourth-order valence-electron chi connectivity index (χ4n) is 1.99. The van der Waals surface area contributed by atoms with E-state index < -0.39 is 0 Å². The van der Waals surface area contributed by atoms with Crippen LogP contribution in [0.15, 0.2) is 35.9 Å². The number of ketones is 1. The van der Waals surface area contributed by atoms with Gasteiger partial charge in [0.2, 0.25) is 0 Å². The standard InChI is InChI=1S/C14H16O/c1-11-7-8-13(14(15)9-11)10-12-5-3-2-4-6-12/h2-6,10-11H,7-9H2,1H3/b13-10+. The molecule has 0 bridgehead atoms. The van der Waals surface area contributed by atoms with Gasteiger partial charge in [-0.05, 0) is 36.0 Å². The average molecular weight is 200 g/mol. The maximum atomic E-state index is 11.7. The molecule has 15 heavy (non-hydrogen) atoms. The molecule has 0 saturated heterocycles. The van der Waals surface area contributed by atoms with Crippen LogP contribution in [0.4, 0.5) is 0 Å². The van der Waals surface area contributed by atoms with Crippen LogP contribution in [0.2, 0.25) is 0 Å². The van der Waals surface area contributed by atoms with Crippen molar-refractivity contribution in [3.8, 4) is 0 Å². The van der Waals surface area contributed by atoms with Gasteiger partial charge in [0.1, 0.15) is 0 Å². The van der Waals surface area contributed by atoms with E-state index in [1.807, 2.05) is 36.4 Å². The predicted molar refractivity (Wildman–Crippen MR) is 62.4 cm³/mol. The second-order valence-corrected chi connectivity index (χ2v) is 4.35. The fraction of sp³-hybridized carbons (Fsp3) is 0.357. The van der Waals surface area contributed by atoms with Crippen LogP contribution < -0.4 is 0 Å². The van der Waals surface area contributed by atoms with Gasteiger partial charge in [0.05, 0.1) is 0 Å². The highest BCUT2D eigenvalue weighted by Crippen LogP contribution is 2.26. The molecule has 0 radical (unpaired) electrons. The van der Waals surface area contributed by atoms with Gasteiger partial charge < -0.3 is 0 Å². The highest BCUT2D eigenvalue weighted by Gasteiger charge is 2.19. The molecule has 0 heterocycles. The van der Waals surface area contributed by atoms with Crippen molar-refractivity contribution in [2.24, 2.45) is 5.92 Å². The van der Waals surface area contributed by atoms with Crippen molar-refractivity contribution in [2.45, 2.75) is 26.2 Å². The molecule has 1 unspecified atom stereocenters. The van der Waals surface area contributed by atoms with Gasteiger partial charge in [0, 0.05) is 6.42 Å². The van der Waals surface area contributed by atoms with E-state index in [9.17, 15) is 4.79 Å². The first kappa shape index (κ1) is 10.2. The Hall–Kier alpha value is -1.37. The van der Waals surface area contributed by atoms with Crippen molar-refractivity contribution in [2.75, 3.05) is 0 Å². The molecule has 1 heteroatoms. The van der Waals surface area contributed by atoms with E-state index in [1.54, 1.807) is 0 Å². The lowest BCUT2D eigenvalue weighted by molar-refractivity contribution is -0.117. The molecule has 1 nitrogen and oxygen atoms in total. The van der Waals surface area contributed by atoms with E-state index in [2.05, 4.69) is 6.92 Å². The zero-order valence-corrected chi connectivity index (χ0v) is 9.07. The van der Waals surface area contributed by atoms with Crippen LogP contribution >= 0.6 is 0 Å². The van der Waals surface area contributed by atoms with E-state index in [1.165, 1.54) is 0 Å². The summed E-state index contributed by atoms with van der Waals surface area (Å²) in [7, 11) is 0. The monoisotopic (exact) mass is 200 g/mol. The van der Waals surface area contributed by atoms with Crippen molar-refractivity contribution in [3.63, 3.8) is 0 Å². The first-order valence-electron chi connectivity index (χ1n) is 5.54. The number of hydrogen-bond donors (Lipinski definition) is 0. The minimum atomic E-state index is 0.331. The summed E-state index contributed by atoms with van der Waals surface area (Å²) in [6, 6.07) is 10.1. The second kappa shape index (κ2) is 4.43. The van der Waals surface area contributed by atoms with Crippen LogP contribution in [-0.2, 0) is 4.79 Å². The highest BCUT2D eigenvalue weighted by atomic mass is 16.1. The first-order valence-corrected chi connectivity index (χ1v) is 5.54. The predicted octanol–water partition coefficient (Wildman–Crippen LogP) is 3.46. The van der Waals surface area contributed by atoms with Crippen LogP contribution in [0.3, 0.4) is 0 Å². The Morgan fingerprint density at radius 1 is 1.27 bits per heavy atom. The van der Waals surface area contributed by atoms with Crippen molar-refractivity contribution in [1.29, 1.82) is 0 Å². The molecule has 1 aromatic carbocycles. The molecule has 1 aliphatic rings. The number of carbonyl (C=O) groups excluding carboxylic acids is 1. The molecule has 0 N–H and O–H groups in total. The molecule has 1 saturated carbocycles. The lowest BCUT2D eigenvalue weighted by Gasteiger charge is -2.18. The SMILES string of the molecule is CC1CC/C(=C\c2ccccc2)C(=O)C1. The van der Waals surface area contributed by atoms with Crippen molar-refractivity contribution >= 4 is 11.9 Å². The molecule has 78 valence electrons. The Bertz CT molecular complexity index is 376. The number of rotatable bonds is 1. The summed E-state index contributed by atoms with van der Waals surface area (Å²) in [5, 5.41) is 0. The molecule has 0 spiro atoms. The number of allylic oxidation sites excluding steroid dienone is 1. The van der Waals surface area contributed by atoms with Gasteiger partial charge in [-0.1, -0.05) is 37.3 Å². The Morgan fingerprint density at radius 3 is 2.67 bits per heavy atom. The van der Waals surface area contributed by atoms with Crippen molar-refractivity contribution in [3.05, 3.63) is 41.5 Å². The summed E-state index contributed by atoms with van der Waals surface area (Å²) in [4.78, 5) is 11.7. The van der Waals surface area contributed by atoms with Crippen LogP contribution in [0, 0.1) is 5.92 Å². The van der Waals surface area contributed by atoms with Gasteiger partial charge in [0.15, 0.2) is 5.78 Å². The van der Waals surface area contributed by atoms with E-state index in [0.717, 1.165) is 30.4 Å². The zero-order valence-electron chi connectivity index (χ0n) is 9.07. The van der Waals surface area contributed by atoms with E-state index >= 15 is 0 Å². The summed E-state index contributed by atoms with van der Waals surface area (Å²) in [6.45, 7) is 2.15. The molecule has 1 aliphatic carbocycles. The quantitative estimate of drug-likeness (QED) is 0.634. The molecule has 2 rings (SSSR count). The summed E-state index contributed by atoms with van der Waals surface area (Å²) >= 11 is 0. The lowest BCUT2D eigenvalue weighted by Crippen LogP contribution is -2.15. The van der Waals surface area contributed by atoms with E-state index in [0.29, 0.717) is 11.7 Å². The normalized spacial score (nSPS) is 24.5. The van der Waals surface area contributed by atoms with Crippen molar-refractivity contribution < 1.29 is 4.79 Å². The Labute approximate surface area is 90.8 Å². The minimum Gasteiger partial charge on any atom is -0.295 e. The fourth-order valence-corrected chi connectivity index (χ4v) is 1.99. The molecule has 0 aromatic heterocycles. The lowest BCUT2D eigenvalue weighted by atomic mass is 9.85. The first-order chi connectivity index (χ1) is 7.25. The Balaban J connectivity index is 2.17. The van der Waals surface area contributed by atoms with Crippen LogP contribution in [0.1, 0.15) is 31.7 Å². The largest absolute Gasteiger partial charge is 0.295 e. The second-order valence-electron chi connectivity index (χ2n) is 4.35. The molecule has 0 amide bonds. The third-order valence-electron chi connectivity index (χ3n) is 2.94. The van der Waals surface area contributed by atoms with Crippen LogP contribution in [0.25, 0.3) is 6.08 Å². The topological polar surface area (TPSA) is 17.1 Å². The van der Waals surface area contributed by atoms with Gasteiger partial charge in [-0.3, -0.25) is 4.79 Å².